The maximum atomic E-state index is 8.92. The van der Waals surface area contributed by atoms with Gasteiger partial charge in [0, 0.05) is 0 Å². The topological polar surface area (TPSA) is 33.0 Å². The van der Waals surface area contributed by atoms with Gasteiger partial charge in [0.2, 0.25) is 0 Å². The fourth-order valence-corrected chi connectivity index (χ4v) is 1.56. The van der Waals surface area contributed by atoms with Gasteiger partial charge in [-0.2, -0.15) is 5.26 Å². The molecule has 0 aliphatic carbocycles. The second-order valence-electron chi connectivity index (χ2n) is 5.30. The van der Waals surface area contributed by atoms with Crippen LogP contribution in [-0.4, -0.2) is 6.61 Å². The van der Waals surface area contributed by atoms with Crippen LogP contribution < -0.4 is 4.74 Å². The molecule has 0 aromatic heterocycles. The molecule has 0 amide bonds. The van der Waals surface area contributed by atoms with Crippen LogP contribution in [0.2, 0.25) is 0 Å². The molecule has 17 heavy (non-hydrogen) atoms. The first-order chi connectivity index (χ1) is 7.85. The first-order valence-electron chi connectivity index (χ1n) is 5.97. The summed E-state index contributed by atoms with van der Waals surface area (Å²) < 4.78 is 5.76. The third-order valence-electron chi connectivity index (χ3n) is 3.08. The van der Waals surface area contributed by atoms with Crippen LogP contribution in [0, 0.1) is 37.5 Å². The molecule has 0 saturated heterocycles. The molecule has 92 valence electrons. The minimum atomic E-state index is -0.312. The number of rotatable bonds is 4. The average molecular weight is 231 g/mol. The Hall–Kier alpha value is -1.49. The van der Waals surface area contributed by atoms with Crippen LogP contribution >= 0.6 is 0 Å². The Balaban J connectivity index is 2.65. The molecule has 2 nitrogen and oxygen atoms in total. The number of benzene rings is 1. The third-order valence-corrected chi connectivity index (χ3v) is 3.08. The normalized spacial score (nSPS) is 11.1. The molecule has 1 rings (SSSR count). The van der Waals surface area contributed by atoms with Gasteiger partial charge in [0.15, 0.2) is 0 Å². The van der Waals surface area contributed by atoms with Gasteiger partial charge in [-0.1, -0.05) is 6.07 Å². The summed E-state index contributed by atoms with van der Waals surface area (Å²) in [5.41, 5.74) is 3.37. The van der Waals surface area contributed by atoms with Gasteiger partial charge in [0.25, 0.3) is 0 Å². The summed E-state index contributed by atoms with van der Waals surface area (Å²) in [5.74, 6) is 0.932. The highest BCUT2D eigenvalue weighted by molar-refractivity contribution is 5.40. The highest BCUT2D eigenvalue weighted by Gasteiger charge is 2.16. The van der Waals surface area contributed by atoms with E-state index in [0.29, 0.717) is 6.61 Å². The lowest BCUT2D eigenvalue weighted by atomic mass is 9.92. The molecular weight excluding hydrogens is 210 g/mol. The molecule has 0 saturated carbocycles. The van der Waals surface area contributed by atoms with Crippen LogP contribution in [0.1, 0.15) is 37.0 Å². The summed E-state index contributed by atoms with van der Waals surface area (Å²) in [4.78, 5) is 0. The van der Waals surface area contributed by atoms with E-state index in [2.05, 4.69) is 39.0 Å². The monoisotopic (exact) mass is 231 g/mol. The van der Waals surface area contributed by atoms with E-state index >= 15 is 0 Å². The van der Waals surface area contributed by atoms with Crippen molar-refractivity contribution in [3.05, 3.63) is 28.8 Å². The largest absolute Gasteiger partial charge is 0.493 e. The molecule has 2 heteroatoms. The highest BCUT2D eigenvalue weighted by atomic mass is 16.5. The molecule has 0 aliphatic heterocycles. The second-order valence-corrected chi connectivity index (χ2v) is 5.30. The minimum Gasteiger partial charge on any atom is -0.493 e. The van der Waals surface area contributed by atoms with Gasteiger partial charge in [-0.15, -0.1) is 0 Å². The number of nitrogens with zero attached hydrogens (tertiary/aromatic N) is 1. The first-order valence-corrected chi connectivity index (χ1v) is 5.97. The maximum Gasteiger partial charge on any atom is 0.122 e. The Bertz CT molecular complexity index is 441. The van der Waals surface area contributed by atoms with Crippen molar-refractivity contribution in [3.63, 3.8) is 0 Å². The van der Waals surface area contributed by atoms with Crippen LogP contribution in [0.3, 0.4) is 0 Å². The van der Waals surface area contributed by atoms with Gasteiger partial charge in [-0.05, 0) is 63.8 Å². The zero-order valence-electron chi connectivity index (χ0n) is 11.4. The Kier molecular flexibility index (Phi) is 4.17. The fourth-order valence-electron chi connectivity index (χ4n) is 1.56. The van der Waals surface area contributed by atoms with Gasteiger partial charge in [-0.3, -0.25) is 0 Å². The smallest absolute Gasteiger partial charge is 0.122 e. The molecule has 1 aromatic carbocycles. The lowest BCUT2D eigenvalue weighted by Gasteiger charge is -2.17. The van der Waals surface area contributed by atoms with E-state index in [9.17, 15) is 0 Å². The van der Waals surface area contributed by atoms with Gasteiger partial charge in [-0.25, -0.2) is 0 Å². The predicted molar refractivity (Wildman–Crippen MR) is 70.2 cm³/mol. The Morgan fingerprint density at radius 1 is 1.12 bits per heavy atom. The lowest BCUT2D eigenvalue weighted by molar-refractivity contribution is 0.263. The average Bonchev–Trinajstić information content (AvgIpc) is 2.25. The number of ether oxygens (including phenoxy) is 1. The van der Waals surface area contributed by atoms with E-state index in [4.69, 9.17) is 10.00 Å². The van der Waals surface area contributed by atoms with Crippen LogP contribution in [0.4, 0.5) is 0 Å². The summed E-state index contributed by atoms with van der Waals surface area (Å²) in [5, 5.41) is 8.92. The summed E-state index contributed by atoms with van der Waals surface area (Å²) in [6, 6.07) is 6.50. The molecule has 0 radical (unpaired) electrons. The van der Waals surface area contributed by atoms with E-state index < -0.39 is 0 Å². The van der Waals surface area contributed by atoms with Crippen molar-refractivity contribution >= 4 is 0 Å². The number of hydrogen-bond acceptors (Lipinski definition) is 2. The van der Waals surface area contributed by atoms with Crippen molar-refractivity contribution in [2.75, 3.05) is 6.61 Å². The van der Waals surface area contributed by atoms with Gasteiger partial charge >= 0.3 is 0 Å². The summed E-state index contributed by atoms with van der Waals surface area (Å²) in [6.45, 7) is 10.7. The predicted octanol–water partition coefficient (Wildman–Crippen LogP) is 3.93. The molecule has 0 fully saturated rings. The lowest BCUT2D eigenvalue weighted by Crippen LogP contribution is -2.13. The van der Waals surface area contributed by atoms with Gasteiger partial charge in [0.05, 0.1) is 18.1 Å². The molecule has 0 aliphatic rings. The van der Waals surface area contributed by atoms with E-state index in [0.717, 1.165) is 17.7 Å². The zero-order valence-corrected chi connectivity index (χ0v) is 11.4. The third kappa shape index (κ3) is 3.78. The van der Waals surface area contributed by atoms with E-state index in [1.165, 1.54) is 11.1 Å². The number of aryl methyl sites for hydroxylation is 3. The van der Waals surface area contributed by atoms with Crippen LogP contribution in [0.5, 0.6) is 5.75 Å². The zero-order chi connectivity index (χ0) is 13.1. The van der Waals surface area contributed by atoms with Gasteiger partial charge in [0.1, 0.15) is 5.75 Å². The van der Waals surface area contributed by atoms with E-state index in [1.54, 1.807) is 0 Å². The Morgan fingerprint density at radius 3 is 2.29 bits per heavy atom. The molecule has 0 spiro atoms. The fraction of sp³-hybridized carbons (Fsp3) is 0.533. The van der Waals surface area contributed by atoms with Crippen molar-refractivity contribution < 1.29 is 4.74 Å². The molecule has 0 atom stereocenters. The Labute approximate surface area is 104 Å². The van der Waals surface area contributed by atoms with Crippen molar-refractivity contribution in [1.82, 2.24) is 0 Å². The van der Waals surface area contributed by atoms with Crippen molar-refractivity contribution in [2.45, 2.75) is 41.0 Å². The van der Waals surface area contributed by atoms with Crippen molar-refractivity contribution in [2.24, 2.45) is 5.41 Å². The first kappa shape index (κ1) is 13.6. The second kappa shape index (κ2) is 5.23. The van der Waals surface area contributed by atoms with E-state index in [1.807, 2.05) is 13.8 Å². The SMILES string of the molecule is Cc1cc(C)c(OCCC(C)(C)C#N)cc1C. The standard InChI is InChI=1S/C15H21NO/c1-11-8-13(3)14(9-12(11)2)17-7-6-15(4,5)10-16/h8-9H,6-7H2,1-5H3. The Morgan fingerprint density at radius 2 is 1.71 bits per heavy atom. The van der Waals surface area contributed by atoms with Crippen LogP contribution in [0.15, 0.2) is 12.1 Å². The quantitative estimate of drug-likeness (QED) is 0.786. The van der Waals surface area contributed by atoms with Crippen molar-refractivity contribution in [3.8, 4) is 11.8 Å². The molecule has 0 bridgehead atoms. The van der Waals surface area contributed by atoms with E-state index in [-0.39, 0.29) is 5.41 Å². The maximum absolute atomic E-state index is 8.92. The summed E-state index contributed by atoms with van der Waals surface area (Å²) in [6.07, 6.45) is 0.746. The molecular formula is C15H21NO. The minimum absolute atomic E-state index is 0.312. The van der Waals surface area contributed by atoms with Gasteiger partial charge < -0.3 is 4.74 Å². The highest BCUT2D eigenvalue weighted by Crippen LogP contribution is 2.24. The molecule has 0 unspecified atom stereocenters. The molecule has 1 aromatic rings. The van der Waals surface area contributed by atoms with Crippen LogP contribution in [0.25, 0.3) is 0 Å². The molecule has 0 N–H and O–H groups in total. The van der Waals surface area contributed by atoms with Crippen LogP contribution in [-0.2, 0) is 0 Å². The van der Waals surface area contributed by atoms with Crippen molar-refractivity contribution in [1.29, 1.82) is 5.26 Å². The molecule has 0 heterocycles. The number of nitriles is 1. The summed E-state index contributed by atoms with van der Waals surface area (Å²) >= 11 is 0. The summed E-state index contributed by atoms with van der Waals surface area (Å²) in [7, 11) is 0. The number of hydrogen-bond donors (Lipinski definition) is 0.